The topological polar surface area (TPSA) is 81.8 Å². The first-order valence-corrected chi connectivity index (χ1v) is 9.70. The molecule has 1 unspecified atom stereocenters. The van der Waals surface area contributed by atoms with Crippen LogP contribution in [0.3, 0.4) is 0 Å². The quantitative estimate of drug-likeness (QED) is 0.728. The molecule has 2 aliphatic rings. The smallest absolute Gasteiger partial charge is 0.268 e. The molecule has 1 saturated heterocycles. The van der Waals surface area contributed by atoms with Crippen molar-refractivity contribution in [3.05, 3.63) is 70.5 Å². The van der Waals surface area contributed by atoms with E-state index in [1.807, 2.05) is 16.5 Å². The number of nitrogens with one attached hydrogen (secondary N) is 2. The van der Waals surface area contributed by atoms with Crippen molar-refractivity contribution < 1.29 is 27.6 Å². The van der Waals surface area contributed by atoms with Crippen molar-refractivity contribution in [1.29, 1.82) is 0 Å². The van der Waals surface area contributed by atoms with E-state index in [1.165, 1.54) is 24.3 Å². The third kappa shape index (κ3) is 4.11. The van der Waals surface area contributed by atoms with Crippen LogP contribution in [0.2, 0.25) is 0 Å². The van der Waals surface area contributed by atoms with Crippen molar-refractivity contribution in [2.24, 2.45) is 0 Å². The molecular weight excluding hydrogens is 413 g/mol. The van der Waals surface area contributed by atoms with Gasteiger partial charge in [-0.25, -0.2) is 9.40 Å². The summed E-state index contributed by atoms with van der Waals surface area (Å²) < 4.78 is 38.2. The zero-order valence-corrected chi connectivity index (χ0v) is 16.3. The number of rotatable bonds is 4. The molecule has 1 atom stereocenters. The Balaban J connectivity index is 1.50. The molecular formula is C21H19F3N4O3. The molecule has 2 aliphatic heterocycles. The number of halogens is 3. The third-order valence-corrected chi connectivity index (χ3v) is 5.42. The maximum atomic E-state index is 13.7. The Kier molecular flexibility index (Phi) is 5.64. The maximum Gasteiger partial charge on any atom is 0.317 e. The lowest BCUT2D eigenvalue weighted by atomic mass is 10.1. The van der Waals surface area contributed by atoms with E-state index in [2.05, 4.69) is 0 Å². The number of nitrogens with zero attached hydrogens (tertiary/aromatic N) is 2. The molecule has 2 aromatic rings. The first kappa shape index (κ1) is 20.9. The van der Waals surface area contributed by atoms with E-state index in [1.54, 1.807) is 22.6 Å². The molecule has 31 heavy (non-hydrogen) atoms. The molecule has 7 nitrogen and oxygen atoms in total. The molecule has 0 radical (unpaired) electrons. The fraction of sp³-hybridized carbons (Fsp3) is 0.286. The first-order chi connectivity index (χ1) is 14.8. The summed E-state index contributed by atoms with van der Waals surface area (Å²) in [4.78, 5) is 36.1. The molecule has 10 heteroatoms. The first-order valence-electron chi connectivity index (χ1n) is 9.70. The number of fused-ring (bicyclic) bond motifs is 1. The lowest BCUT2D eigenvalue weighted by molar-refractivity contribution is -0.132. The van der Waals surface area contributed by atoms with Crippen LogP contribution in [-0.2, 0) is 11.3 Å². The predicted molar refractivity (Wildman–Crippen MR) is 103 cm³/mol. The number of carbonyl (C=O) groups excluding carboxylic acids is 3. The van der Waals surface area contributed by atoms with Gasteiger partial charge in [0.25, 0.3) is 11.8 Å². The number of carbonyl (C=O) groups is 3. The molecule has 2 aromatic carbocycles. The van der Waals surface area contributed by atoms with E-state index in [0.717, 1.165) is 18.4 Å². The van der Waals surface area contributed by atoms with Crippen molar-refractivity contribution in [3.63, 3.8) is 0 Å². The minimum Gasteiger partial charge on any atom is -0.268 e. The standard InChI is InChI=1S/C21H19F3N4O3/c22-15-4-1-3-12(9-15)17-5-2-8-27(17)28-11-14-7-6-13(10-16(14)21(28)31)19(29)25-26-20(30)18(23)24/h1,3-4,6-7,9-10,17-18H,2,5,8,11H2,(H,25,29)(H,26,30). The van der Waals surface area contributed by atoms with Crippen LogP contribution in [0, 0.1) is 5.82 Å². The van der Waals surface area contributed by atoms with Gasteiger partial charge in [-0.3, -0.25) is 30.2 Å². The van der Waals surface area contributed by atoms with Crippen LogP contribution < -0.4 is 10.9 Å². The Hall–Kier alpha value is -3.40. The molecule has 2 heterocycles. The number of hydrazine groups is 2. The van der Waals surface area contributed by atoms with Crippen LogP contribution in [0.1, 0.15) is 50.7 Å². The highest BCUT2D eigenvalue weighted by Gasteiger charge is 2.38. The Bertz CT molecular complexity index is 1050. The minimum absolute atomic E-state index is 0.0478. The lowest BCUT2D eigenvalue weighted by Gasteiger charge is -2.33. The highest BCUT2D eigenvalue weighted by Crippen LogP contribution is 2.37. The normalized spacial score (nSPS) is 18.4. The van der Waals surface area contributed by atoms with Gasteiger partial charge in [0.05, 0.1) is 12.6 Å². The Morgan fingerprint density at radius 2 is 1.90 bits per heavy atom. The second kappa shape index (κ2) is 8.38. The van der Waals surface area contributed by atoms with Crippen molar-refractivity contribution in [2.45, 2.75) is 31.9 Å². The van der Waals surface area contributed by atoms with E-state index >= 15 is 0 Å². The molecule has 0 aromatic heterocycles. The lowest BCUT2D eigenvalue weighted by Crippen LogP contribution is -2.44. The van der Waals surface area contributed by atoms with Gasteiger partial charge in [0.2, 0.25) is 0 Å². The number of hydrogen-bond acceptors (Lipinski definition) is 4. The largest absolute Gasteiger partial charge is 0.317 e. The minimum atomic E-state index is -3.26. The van der Waals surface area contributed by atoms with Gasteiger partial charge in [0.1, 0.15) is 5.82 Å². The van der Waals surface area contributed by atoms with Gasteiger partial charge in [0, 0.05) is 17.7 Å². The Morgan fingerprint density at radius 3 is 2.65 bits per heavy atom. The predicted octanol–water partition coefficient (Wildman–Crippen LogP) is 2.56. The second-order valence-electron chi connectivity index (χ2n) is 7.35. The van der Waals surface area contributed by atoms with E-state index in [0.29, 0.717) is 24.2 Å². The van der Waals surface area contributed by atoms with Crippen LogP contribution in [-0.4, -0.2) is 40.7 Å². The fourth-order valence-electron chi connectivity index (χ4n) is 3.97. The average molecular weight is 432 g/mol. The van der Waals surface area contributed by atoms with Crippen LogP contribution >= 0.6 is 0 Å². The number of amides is 3. The summed E-state index contributed by atoms with van der Waals surface area (Å²) >= 11 is 0. The van der Waals surface area contributed by atoms with E-state index in [4.69, 9.17) is 0 Å². The maximum absolute atomic E-state index is 13.7. The Labute approximate surface area is 175 Å². The summed E-state index contributed by atoms with van der Waals surface area (Å²) in [6.07, 6.45) is -1.64. The highest BCUT2D eigenvalue weighted by molar-refractivity contribution is 6.02. The van der Waals surface area contributed by atoms with Crippen LogP contribution in [0.15, 0.2) is 42.5 Å². The summed E-state index contributed by atoms with van der Waals surface area (Å²) in [6, 6.07) is 10.6. The highest BCUT2D eigenvalue weighted by atomic mass is 19.3. The van der Waals surface area contributed by atoms with Crippen molar-refractivity contribution in [3.8, 4) is 0 Å². The van der Waals surface area contributed by atoms with Gasteiger partial charge in [-0.15, -0.1) is 0 Å². The number of alkyl halides is 2. The number of hydrogen-bond donors (Lipinski definition) is 2. The van der Waals surface area contributed by atoms with E-state index in [-0.39, 0.29) is 23.3 Å². The Morgan fingerprint density at radius 1 is 1.10 bits per heavy atom. The summed E-state index contributed by atoms with van der Waals surface area (Å²) in [6.45, 7) is 0.942. The fourth-order valence-corrected chi connectivity index (χ4v) is 3.97. The van der Waals surface area contributed by atoms with Gasteiger partial charge >= 0.3 is 12.3 Å². The van der Waals surface area contributed by atoms with Gasteiger partial charge < -0.3 is 0 Å². The summed E-state index contributed by atoms with van der Waals surface area (Å²) in [5, 5.41) is 3.51. The van der Waals surface area contributed by atoms with Gasteiger partial charge in [0.15, 0.2) is 0 Å². The molecule has 4 rings (SSSR count). The van der Waals surface area contributed by atoms with Crippen molar-refractivity contribution in [1.82, 2.24) is 20.9 Å². The monoisotopic (exact) mass is 432 g/mol. The molecule has 0 aliphatic carbocycles. The molecule has 0 saturated carbocycles. The molecule has 0 bridgehead atoms. The van der Waals surface area contributed by atoms with Gasteiger partial charge in [-0.05, 0) is 48.2 Å². The zero-order chi connectivity index (χ0) is 22.1. The van der Waals surface area contributed by atoms with Gasteiger partial charge in [-0.1, -0.05) is 18.2 Å². The van der Waals surface area contributed by atoms with Crippen LogP contribution in [0.25, 0.3) is 0 Å². The van der Waals surface area contributed by atoms with Gasteiger partial charge in [-0.2, -0.15) is 8.78 Å². The molecule has 1 fully saturated rings. The van der Waals surface area contributed by atoms with E-state index in [9.17, 15) is 27.6 Å². The molecule has 2 N–H and O–H groups in total. The third-order valence-electron chi connectivity index (χ3n) is 5.42. The summed E-state index contributed by atoms with van der Waals surface area (Å²) in [7, 11) is 0. The molecule has 3 amide bonds. The average Bonchev–Trinajstić information content (AvgIpc) is 3.36. The zero-order valence-electron chi connectivity index (χ0n) is 16.3. The van der Waals surface area contributed by atoms with E-state index < -0.39 is 18.2 Å². The summed E-state index contributed by atoms with van der Waals surface area (Å²) in [5.74, 6) is -3.09. The molecule has 0 spiro atoms. The van der Waals surface area contributed by atoms with Crippen LogP contribution in [0.5, 0.6) is 0 Å². The number of benzene rings is 2. The van der Waals surface area contributed by atoms with Crippen molar-refractivity contribution in [2.75, 3.05) is 6.54 Å². The SMILES string of the molecule is O=C(NNC(=O)C(F)F)c1ccc2c(c1)C(=O)N(N1CCCC1c1cccc(F)c1)C2. The van der Waals surface area contributed by atoms with Crippen LogP contribution in [0.4, 0.5) is 13.2 Å². The second-order valence-corrected chi connectivity index (χ2v) is 7.35. The molecule has 162 valence electrons. The summed E-state index contributed by atoms with van der Waals surface area (Å²) in [5.41, 5.74) is 5.38. The van der Waals surface area contributed by atoms with Crippen molar-refractivity contribution >= 4 is 17.7 Å².